The van der Waals surface area contributed by atoms with Gasteiger partial charge in [0, 0.05) is 18.8 Å². The summed E-state index contributed by atoms with van der Waals surface area (Å²) in [5.74, 6) is 0. The van der Waals surface area contributed by atoms with E-state index in [1.54, 1.807) is 0 Å². The van der Waals surface area contributed by atoms with E-state index in [1.165, 1.54) is 24.8 Å². The largest absolute Gasteiger partial charge is 0.390 e. The zero-order valence-electron chi connectivity index (χ0n) is 13.3. The van der Waals surface area contributed by atoms with Gasteiger partial charge in [-0.05, 0) is 50.0 Å². The number of hydrogen-bond acceptors (Lipinski definition) is 3. The normalized spacial score (nSPS) is 17.0. The van der Waals surface area contributed by atoms with Crippen molar-refractivity contribution < 1.29 is 9.90 Å². The van der Waals surface area contributed by atoms with Gasteiger partial charge in [0.25, 0.3) is 0 Å². The highest BCUT2D eigenvalue weighted by Gasteiger charge is 2.15. The van der Waals surface area contributed by atoms with Gasteiger partial charge in [0.15, 0.2) is 0 Å². The lowest BCUT2D eigenvalue weighted by Crippen LogP contribution is -2.42. The van der Waals surface area contributed by atoms with E-state index < -0.39 is 6.10 Å². The Labute approximate surface area is 132 Å². The number of likely N-dealkylation sites (tertiary alicyclic amines) is 1. The van der Waals surface area contributed by atoms with Crippen LogP contribution < -0.4 is 10.6 Å². The number of β-amino-alcohol motifs (C(OH)–C–C–N with tert-alkyl or cyclic N) is 1. The Hall–Kier alpha value is -1.59. The van der Waals surface area contributed by atoms with Crippen LogP contribution in [0, 0.1) is 0 Å². The van der Waals surface area contributed by atoms with E-state index in [1.807, 2.05) is 24.3 Å². The zero-order chi connectivity index (χ0) is 15.8. The molecule has 1 fully saturated rings. The molecule has 1 aliphatic rings. The quantitative estimate of drug-likeness (QED) is 0.755. The second-order valence-electron chi connectivity index (χ2n) is 5.90. The SMILES string of the molecule is CCc1ccc(NC(=O)NCC(O)CN2CCCCC2)cc1. The van der Waals surface area contributed by atoms with Crippen molar-refractivity contribution in [1.29, 1.82) is 0 Å². The van der Waals surface area contributed by atoms with Crippen molar-refractivity contribution in [3.63, 3.8) is 0 Å². The van der Waals surface area contributed by atoms with Gasteiger partial charge in [0.1, 0.15) is 0 Å². The van der Waals surface area contributed by atoms with Crippen molar-refractivity contribution in [3.8, 4) is 0 Å². The maximum Gasteiger partial charge on any atom is 0.319 e. The van der Waals surface area contributed by atoms with Crippen LogP contribution in [0.15, 0.2) is 24.3 Å². The van der Waals surface area contributed by atoms with E-state index in [0.29, 0.717) is 6.54 Å². The number of nitrogens with one attached hydrogen (secondary N) is 2. The Kier molecular flexibility index (Phi) is 6.68. The van der Waals surface area contributed by atoms with Crippen molar-refractivity contribution in [2.45, 2.75) is 38.7 Å². The molecule has 1 aromatic carbocycles. The number of carbonyl (C=O) groups is 1. The third kappa shape index (κ3) is 5.66. The Morgan fingerprint density at radius 2 is 1.91 bits per heavy atom. The van der Waals surface area contributed by atoms with E-state index in [9.17, 15) is 9.90 Å². The van der Waals surface area contributed by atoms with Gasteiger partial charge in [-0.3, -0.25) is 0 Å². The number of amides is 2. The number of rotatable bonds is 6. The molecule has 22 heavy (non-hydrogen) atoms. The number of benzene rings is 1. The highest BCUT2D eigenvalue weighted by atomic mass is 16.3. The maximum absolute atomic E-state index is 11.8. The molecule has 5 heteroatoms. The van der Waals surface area contributed by atoms with Crippen LogP contribution >= 0.6 is 0 Å². The molecule has 1 aromatic rings. The fourth-order valence-corrected chi connectivity index (χ4v) is 2.71. The molecule has 0 aromatic heterocycles. The predicted octanol–water partition coefficient (Wildman–Crippen LogP) is 2.22. The number of urea groups is 1. The molecule has 1 saturated heterocycles. The van der Waals surface area contributed by atoms with Crippen LogP contribution in [0.25, 0.3) is 0 Å². The van der Waals surface area contributed by atoms with Gasteiger partial charge in [-0.15, -0.1) is 0 Å². The number of piperidine rings is 1. The molecule has 3 N–H and O–H groups in total. The van der Waals surface area contributed by atoms with E-state index in [2.05, 4.69) is 22.5 Å². The van der Waals surface area contributed by atoms with Gasteiger partial charge in [-0.2, -0.15) is 0 Å². The zero-order valence-corrected chi connectivity index (χ0v) is 13.3. The Morgan fingerprint density at radius 1 is 1.23 bits per heavy atom. The minimum Gasteiger partial charge on any atom is -0.390 e. The first-order valence-corrected chi connectivity index (χ1v) is 8.21. The lowest BCUT2D eigenvalue weighted by Gasteiger charge is -2.28. The summed E-state index contributed by atoms with van der Waals surface area (Å²) in [6.45, 7) is 5.10. The van der Waals surface area contributed by atoms with E-state index >= 15 is 0 Å². The van der Waals surface area contributed by atoms with Gasteiger partial charge in [0.2, 0.25) is 0 Å². The molecule has 1 unspecified atom stereocenters. The lowest BCUT2D eigenvalue weighted by atomic mass is 10.1. The third-order valence-corrected chi connectivity index (χ3v) is 4.04. The number of aliphatic hydroxyl groups excluding tert-OH is 1. The Bertz CT molecular complexity index is 455. The van der Waals surface area contributed by atoms with Crippen LogP contribution in [0.1, 0.15) is 31.7 Å². The molecule has 2 amide bonds. The van der Waals surface area contributed by atoms with Gasteiger partial charge in [-0.25, -0.2) is 4.79 Å². The van der Waals surface area contributed by atoms with Gasteiger partial charge in [0.05, 0.1) is 6.10 Å². The van der Waals surface area contributed by atoms with E-state index in [0.717, 1.165) is 25.2 Å². The maximum atomic E-state index is 11.8. The minimum atomic E-state index is -0.522. The fraction of sp³-hybridized carbons (Fsp3) is 0.588. The van der Waals surface area contributed by atoms with Crippen molar-refractivity contribution in [3.05, 3.63) is 29.8 Å². The van der Waals surface area contributed by atoms with E-state index in [-0.39, 0.29) is 12.6 Å². The van der Waals surface area contributed by atoms with Crippen LogP contribution in [0.3, 0.4) is 0 Å². The highest BCUT2D eigenvalue weighted by Crippen LogP contribution is 2.10. The topological polar surface area (TPSA) is 64.6 Å². The Balaban J connectivity index is 1.67. The molecular formula is C17H27N3O2. The lowest BCUT2D eigenvalue weighted by molar-refractivity contribution is 0.102. The number of nitrogens with zero attached hydrogens (tertiary/aromatic N) is 1. The summed E-state index contributed by atoms with van der Waals surface area (Å²) in [4.78, 5) is 14.1. The summed E-state index contributed by atoms with van der Waals surface area (Å²) in [5, 5.41) is 15.5. The Morgan fingerprint density at radius 3 is 2.55 bits per heavy atom. The van der Waals surface area contributed by atoms with Crippen LogP contribution in [0.4, 0.5) is 10.5 Å². The van der Waals surface area contributed by atoms with Gasteiger partial charge >= 0.3 is 6.03 Å². The summed E-state index contributed by atoms with van der Waals surface area (Å²) in [6.07, 6.45) is 4.15. The molecular weight excluding hydrogens is 278 g/mol. The number of aryl methyl sites for hydroxylation is 1. The van der Waals surface area contributed by atoms with Crippen LogP contribution in [-0.2, 0) is 6.42 Å². The van der Waals surface area contributed by atoms with Gasteiger partial charge in [-0.1, -0.05) is 25.5 Å². The molecule has 122 valence electrons. The third-order valence-electron chi connectivity index (χ3n) is 4.04. The summed E-state index contributed by atoms with van der Waals surface area (Å²) >= 11 is 0. The van der Waals surface area contributed by atoms with E-state index in [4.69, 9.17) is 0 Å². The second-order valence-corrected chi connectivity index (χ2v) is 5.90. The molecule has 0 saturated carbocycles. The smallest absolute Gasteiger partial charge is 0.319 e. The molecule has 0 bridgehead atoms. The number of anilines is 1. The van der Waals surface area contributed by atoms with Gasteiger partial charge < -0.3 is 20.6 Å². The molecule has 0 spiro atoms. The predicted molar refractivity (Wildman–Crippen MR) is 89.1 cm³/mol. The molecule has 0 radical (unpaired) electrons. The molecule has 1 heterocycles. The minimum absolute atomic E-state index is 0.273. The number of hydrogen-bond donors (Lipinski definition) is 3. The van der Waals surface area contributed by atoms with Crippen LogP contribution in [0.5, 0.6) is 0 Å². The van der Waals surface area contributed by atoms with Crippen LogP contribution in [0.2, 0.25) is 0 Å². The molecule has 1 atom stereocenters. The number of aliphatic hydroxyl groups is 1. The van der Waals surface area contributed by atoms with Crippen molar-refractivity contribution >= 4 is 11.7 Å². The average molecular weight is 305 g/mol. The summed E-state index contributed by atoms with van der Waals surface area (Å²) in [6, 6.07) is 7.51. The fourth-order valence-electron chi connectivity index (χ4n) is 2.71. The summed E-state index contributed by atoms with van der Waals surface area (Å²) in [5.41, 5.74) is 2.00. The molecule has 2 rings (SSSR count). The van der Waals surface area contributed by atoms with Crippen molar-refractivity contribution in [2.24, 2.45) is 0 Å². The standard InChI is InChI=1S/C17H27N3O2/c1-2-14-6-8-15(9-7-14)19-17(22)18-12-16(21)13-20-10-4-3-5-11-20/h6-9,16,21H,2-5,10-13H2,1H3,(H2,18,19,22). The average Bonchev–Trinajstić information content (AvgIpc) is 2.55. The van der Waals surface area contributed by atoms with Crippen molar-refractivity contribution in [2.75, 3.05) is 31.5 Å². The molecule has 1 aliphatic heterocycles. The summed E-state index contributed by atoms with van der Waals surface area (Å²) < 4.78 is 0. The molecule has 0 aliphatic carbocycles. The second kappa shape index (κ2) is 8.76. The van der Waals surface area contributed by atoms with Crippen LogP contribution in [-0.4, -0.2) is 48.3 Å². The van der Waals surface area contributed by atoms with Crippen molar-refractivity contribution in [1.82, 2.24) is 10.2 Å². The first kappa shape index (κ1) is 16.8. The first-order valence-electron chi connectivity index (χ1n) is 8.21. The first-order chi connectivity index (χ1) is 10.7. The molecule has 5 nitrogen and oxygen atoms in total. The number of carbonyl (C=O) groups excluding carboxylic acids is 1. The highest BCUT2D eigenvalue weighted by molar-refractivity contribution is 5.89. The monoisotopic (exact) mass is 305 g/mol. The summed E-state index contributed by atoms with van der Waals surface area (Å²) in [7, 11) is 0.